The number of thioether (sulfide) groups is 1. The molecule has 3 rings (SSSR count). The van der Waals surface area contributed by atoms with Gasteiger partial charge in [-0.2, -0.15) is 0 Å². The maximum atomic E-state index is 13.7. The molecule has 0 bridgehead atoms. The molecule has 0 fully saturated rings. The minimum Gasteiger partial charge on any atom is -0.323 e. The summed E-state index contributed by atoms with van der Waals surface area (Å²) in [5.74, 6) is -0.800. The maximum absolute atomic E-state index is 13.7. The number of halogens is 2. The van der Waals surface area contributed by atoms with Crippen LogP contribution >= 0.6 is 23.4 Å². The molecular weight excluding hydrogens is 363 g/mol. The largest absolute Gasteiger partial charge is 0.323 e. The van der Waals surface area contributed by atoms with Crippen molar-refractivity contribution in [2.24, 2.45) is 0 Å². The molecule has 0 aliphatic heterocycles. The van der Waals surface area contributed by atoms with Crippen molar-refractivity contribution >= 4 is 35.0 Å². The monoisotopic (exact) mass is 376 g/mol. The van der Waals surface area contributed by atoms with Crippen LogP contribution in [0.5, 0.6) is 0 Å². The lowest BCUT2D eigenvalue weighted by atomic mass is 10.3. The van der Waals surface area contributed by atoms with Crippen LogP contribution in [-0.4, -0.2) is 25.9 Å². The smallest absolute Gasteiger partial charge is 0.237 e. The summed E-state index contributed by atoms with van der Waals surface area (Å²) in [7, 11) is 0. The molecule has 0 aliphatic rings. The molecule has 1 N–H and O–H groups in total. The Morgan fingerprint density at radius 1 is 1.28 bits per heavy atom. The van der Waals surface area contributed by atoms with Crippen LogP contribution in [0.1, 0.15) is 6.92 Å². The van der Waals surface area contributed by atoms with Crippen molar-refractivity contribution in [3.63, 3.8) is 0 Å². The quantitative estimate of drug-likeness (QED) is 0.678. The number of carbonyl (C=O) groups is 1. The van der Waals surface area contributed by atoms with E-state index in [4.69, 9.17) is 11.6 Å². The molecule has 128 valence electrons. The first kappa shape index (κ1) is 17.4. The van der Waals surface area contributed by atoms with E-state index in [1.54, 1.807) is 42.1 Å². The van der Waals surface area contributed by atoms with Crippen LogP contribution in [-0.2, 0) is 4.79 Å². The average Bonchev–Trinajstić information content (AvgIpc) is 3.05. The van der Waals surface area contributed by atoms with Gasteiger partial charge in [-0.1, -0.05) is 41.6 Å². The highest BCUT2D eigenvalue weighted by atomic mass is 35.5. The number of hydrogen-bond donors (Lipinski definition) is 1. The number of hydrogen-bond acceptors (Lipinski definition) is 4. The number of nitrogens with one attached hydrogen (secondary N) is 1. The molecule has 2 aromatic carbocycles. The summed E-state index contributed by atoms with van der Waals surface area (Å²) in [6.07, 6.45) is 1.55. The van der Waals surface area contributed by atoms with Gasteiger partial charge in [-0.05, 0) is 37.3 Å². The van der Waals surface area contributed by atoms with Gasteiger partial charge < -0.3 is 5.32 Å². The highest BCUT2D eigenvalue weighted by Crippen LogP contribution is 2.26. The minimum atomic E-state index is -0.498. The Bertz CT molecular complexity index is 902. The van der Waals surface area contributed by atoms with Crippen LogP contribution in [0.15, 0.2) is 60.0 Å². The van der Waals surface area contributed by atoms with Crippen LogP contribution in [0.25, 0.3) is 5.69 Å². The number of rotatable bonds is 5. The lowest BCUT2D eigenvalue weighted by Crippen LogP contribution is -2.23. The molecule has 0 radical (unpaired) electrons. The molecule has 0 saturated heterocycles. The summed E-state index contributed by atoms with van der Waals surface area (Å²) in [6, 6.07) is 13.3. The molecule has 8 heteroatoms. The molecule has 3 aromatic rings. The first-order chi connectivity index (χ1) is 12.0. The number of aromatic nitrogens is 3. The third kappa shape index (κ3) is 4.18. The van der Waals surface area contributed by atoms with E-state index in [1.807, 2.05) is 12.1 Å². The van der Waals surface area contributed by atoms with E-state index in [0.29, 0.717) is 10.2 Å². The van der Waals surface area contributed by atoms with E-state index in [-0.39, 0.29) is 11.6 Å². The Labute approximate surface area is 153 Å². The summed E-state index contributed by atoms with van der Waals surface area (Å²) < 4.78 is 15.4. The van der Waals surface area contributed by atoms with Crippen molar-refractivity contribution < 1.29 is 9.18 Å². The van der Waals surface area contributed by atoms with E-state index in [0.717, 1.165) is 5.69 Å². The standard InChI is InChI=1S/C17H14ClFN4OS/c1-11(16(24)21-15-8-3-2-7-14(15)19)25-17-22-20-10-23(17)13-6-4-5-12(18)9-13/h2-11H,1H3,(H,21,24). The second-order valence-corrected chi connectivity index (χ2v) is 6.94. The van der Waals surface area contributed by atoms with Crippen molar-refractivity contribution in [2.45, 2.75) is 17.3 Å². The predicted octanol–water partition coefficient (Wildman–Crippen LogP) is 4.18. The van der Waals surface area contributed by atoms with Gasteiger partial charge in [0.2, 0.25) is 5.91 Å². The molecule has 1 unspecified atom stereocenters. The summed E-state index contributed by atoms with van der Waals surface area (Å²) in [5, 5.41) is 11.2. The van der Waals surface area contributed by atoms with Crippen molar-refractivity contribution in [2.75, 3.05) is 5.32 Å². The Balaban J connectivity index is 1.74. The third-order valence-electron chi connectivity index (χ3n) is 3.39. The van der Waals surface area contributed by atoms with Crippen LogP contribution in [0, 0.1) is 5.82 Å². The predicted molar refractivity (Wildman–Crippen MR) is 96.7 cm³/mol. The molecule has 0 saturated carbocycles. The summed E-state index contributed by atoms with van der Waals surface area (Å²) in [6.45, 7) is 1.72. The number of benzene rings is 2. The zero-order valence-corrected chi connectivity index (χ0v) is 14.8. The Morgan fingerprint density at radius 3 is 2.84 bits per heavy atom. The van der Waals surface area contributed by atoms with Gasteiger partial charge in [-0.25, -0.2) is 4.39 Å². The summed E-state index contributed by atoms with van der Waals surface area (Å²) >= 11 is 7.24. The second kappa shape index (κ2) is 7.67. The fourth-order valence-corrected chi connectivity index (χ4v) is 3.14. The molecule has 1 amide bonds. The van der Waals surface area contributed by atoms with Crippen LogP contribution in [0.3, 0.4) is 0 Å². The Kier molecular flexibility index (Phi) is 5.35. The minimum absolute atomic E-state index is 0.149. The van der Waals surface area contributed by atoms with Gasteiger partial charge in [0.15, 0.2) is 5.16 Å². The van der Waals surface area contributed by atoms with Crippen molar-refractivity contribution in [1.29, 1.82) is 0 Å². The lowest BCUT2D eigenvalue weighted by molar-refractivity contribution is -0.115. The van der Waals surface area contributed by atoms with Gasteiger partial charge in [-0.15, -0.1) is 10.2 Å². The average molecular weight is 377 g/mol. The lowest BCUT2D eigenvalue weighted by Gasteiger charge is -2.13. The first-order valence-corrected chi connectivity index (χ1v) is 8.68. The van der Waals surface area contributed by atoms with Crippen molar-refractivity contribution in [3.8, 4) is 5.69 Å². The van der Waals surface area contributed by atoms with Crippen LogP contribution in [0.4, 0.5) is 10.1 Å². The SMILES string of the molecule is CC(Sc1nncn1-c1cccc(Cl)c1)C(=O)Nc1ccccc1F. The van der Waals surface area contributed by atoms with Crippen LogP contribution in [0.2, 0.25) is 5.02 Å². The maximum Gasteiger partial charge on any atom is 0.237 e. The number of para-hydroxylation sites is 1. The molecule has 1 aromatic heterocycles. The van der Waals surface area contributed by atoms with Gasteiger partial charge in [0, 0.05) is 5.02 Å². The number of carbonyl (C=O) groups excluding carboxylic acids is 1. The molecule has 1 atom stereocenters. The first-order valence-electron chi connectivity index (χ1n) is 7.42. The van der Waals surface area contributed by atoms with Gasteiger partial charge >= 0.3 is 0 Å². The van der Waals surface area contributed by atoms with Gasteiger partial charge in [-0.3, -0.25) is 9.36 Å². The zero-order valence-electron chi connectivity index (χ0n) is 13.2. The molecular formula is C17H14ClFN4OS. The highest BCUT2D eigenvalue weighted by molar-refractivity contribution is 8.00. The molecule has 0 spiro atoms. The van der Waals surface area contributed by atoms with Gasteiger partial charge in [0.25, 0.3) is 0 Å². The van der Waals surface area contributed by atoms with Crippen molar-refractivity contribution in [3.05, 3.63) is 65.7 Å². The fraction of sp³-hybridized carbons (Fsp3) is 0.118. The fourth-order valence-electron chi connectivity index (χ4n) is 2.12. The van der Waals surface area contributed by atoms with E-state index >= 15 is 0 Å². The topological polar surface area (TPSA) is 59.8 Å². The molecule has 25 heavy (non-hydrogen) atoms. The zero-order chi connectivity index (χ0) is 17.8. The number of amides is 1. The normalized spacial score (nSPS) is 12.0. The number of anilines is 1. The number of nitrogens with zero attached hydrogens (tertiary/aromatic N) is 3. The van der Waals surface area contributed by atoms with Gasteiger partial charge in [0.05, 0.1) is 16.6 Å². The van der Waals surface area contributed by atoms with E-state index in [9.17, 15) is 9.18 Å². The summed E-state index contributed by atoms with van der Waals surface area (Å²) in [5.41, 5.74) is 0.943. The van der Waals surface area contributed by atoms with E-state index < -0.39 is 11.1 Å². The highest BCUT2D eigenvalue weighted by Gasteiger charge is 2.19. The van der Waals surface area contributed by atoms with Crippen molar-refractivity contribution in [1.82, 2.24) is 14.8 Å². The van der Waals surface area contributed by atoms with Gasteiger partial charge in [0.1, 0.15) is 12.1 Å². The third-order valence-corrected chi connectivity index (χ3v) is 4.68. The molecule has 5 nitrogen and oxygen atoms in total. The summed E-state index contributed by atoms with van der Waals surface area (Å²) in [4.78, 5) is 12.3. The Morgan fingerprint density at radius 2 is 2.08 bits per heavy atom. The second-order valence-electron chi connectivity index (χ2n) is 5.19. The van der Waals surface area contributed by atoms with E-state index in [1.165, 1.54) is 23.9 Å². The molecule has 1 heterocycles. The van der Waals surface area contributed by atoms with Crippen LogP contribution < -0.4 is 5.32 Å². The van der Waals surface area contributed by atoms with E-state index in [2.05, 4.69) is 15.5 Å². The molecule has 0 aliphatic carbocycles. The Hall–Kier alpha value is -2.38.